The standard InChI is InChI=1S/C17H23N3O3S/c1-6-12(10(2)3)18-17(22)20-9-7-8-13(20)15-19-14(11(4)24-15)16(21)23-5/h1,10,12-13H,7-9H2,2-5H3,(H,18,22)/t12-,13+/m0/s1. The number of esters is 1. The molecule has 2 heterocycles. The Morgan fingerprint density at radius 1 is 1.50 bits per heavy atom. The van der Waals surface area contributed by atoms with E-state index in [-0.39, 0.29) is 24.0 Å². The molecule has 0 bridgehead atoms. The molecule has 1 fully saturated rings. The molecule has 1 aromatic heterocycles. The van der Waals surface area contributed by atoms with Gasteiger partial charge in [-0.2, -0.15) is 0 Å². The molecule has 130 valence electrons. The molecule has 1 saturated heterocycles. The Morgan fingerprint density at radius 2 is 2.21 bits per heavy atom. The van der Waals surface area contributed by atoms with Crippen LogP contribution in [-0.2, 0) is 4.74 Å². The Kier molecular flexibility index (Phi) is 5.84. The number of terminal acetylenes is 1. The van der Waals surface area contributed by atoms with Crippen LogP contribution in [0.4, 0.5) is 4.79 Å². The summed E-state index contributed by atoms with van der Waals surface area (Å²) >= 11 is 1.43. The Labute approximate surface area is 146 Å². The predicted octanol–water partition coefficient (Wildman–Crippen LogP) is 2.74. The molecule has 1 aliphatic rings. The molecule has 6 nitrogen and oxygen atoms in total. The third-order valence-electron chi connectivity index (χ3n) is 4.12. The van der Waals surface area contributed by atoms with Gasteiger partial charge in [-0.25, -0.2) is 14.6 Å². The number of hydrogen-bond donors (Lipinski definition) is 1. The summed E-state index contributed by atoms with van der Waals surface area (Å²) in [5, 5.41) is 3.67. The van der Waals surface area contributed by atoms with Crippen LogP contribution < -0.4 is 5.32 Å². The summed E-state index contributed by atoms with van der Waals surface area (Å²) in [6.45, 7) is 6.43. The number of nitrogens with zero attached hydrogens (tertiary/aromatic N) is 2. The van der Waals surface area contributed by atoms with Crippen molar-refractivity contribution in [1.29, 1.82) is 0 Å². The van der Waals surface area contributed by atoms with Crippen molar-refractivity contribution >= 4 is 23.3 Å². The molecule has 0 saturated carbocycles. The Morgan fingerprint density at radius 3 is 2.79 bits per heavy atom. The van der Waals surface area contributed by atoms with Crippen molar-refractivity contribution in [3.63, 3.8) is 0 Å². The van der Waals surface area contributed by atoms with E-state index in [9.17, 15) is 9.59 Å². The lowest BCUT2D eigenvalue weighted by atomic mass is 10.1. The summed E-state index contributed by atoms with van der Waals surface area (Å²) < 4.78 is 4.75. The summed E-state index contributed by atoms with van der Waals surface area (Å²) in [7, 11) is 1.34. The maximum atomic E-state index is 12.6. The number of ether oxygens (including phenoxy) is 1. The zero-order valence-electron chi connectivity index (χ0n) is 14.5. The van der Waals surface area contributed by atoms with E-state index >= 15 is 0 Å². The zero-order chi connectivity index (χ0) is 17.9. The van der Waals surface area contributed by atoms with Gasteiger partial charge in [0, 0.05) is 11.4 Å². The zero-order valence-corrected chi connectivity index (χ0v) is 15.3. The van der Waals surface area contributed by atoms with E-state index in [2.05, 4.69) is 16.2 Å². The summed E-state index contributed by atoms with van der Waals surface area (Å²) in [4.78, 5) is 31.3. The fourth-order valence-electron chi connectivity index (χ4n) is 2.73. The minimum absolute atomic E-state index is 0.127. The molecular weight excluding hydrogens is 326 g/mol. The van der Waals surface area contributed by atoms with Crippen molar-refractivity contribution in [3.05, 3.63) is 15.6 Å². The van der Waals surface area contributed by atoms with E-state index in [4.69, 9.17) is 11.2 Å². The van der Waals surface area contributed by atoms with Crippen molar-refractivity contribution in [2.45, 2.75) is 45.7 Å². The minimum atomic E-state index is -0.448. The molecule has 0 unspecified atom stereocenters. The number of methoxy groups -OCH3 is 1. The first kappa shape index (κ1) is 18.3. The number of thiazole rings is 1. The molecule has 0 aliphatic carbocycles. The second-order valence-electron chi connectivity index (χ2n) is 6.14. The van der Waals surface area contributed by atoms with Crippen LogP contribution in [0.3, 0.4) is 0 Å². The van der Waals surface area contributed by atoms with E-state index in [1.807, 2.05) is 20.8 Å². The van der Waals surface area contributed by atoms with Crippen LogP contribution >= 0.6 is 11.3 Å². The number of aromatic nitrogens is 1. The molecule has 2 atom stereocenters. The maximum absolute atomic E-state index is 12.6. The van der Waals surface area contributed by atoms with Crippen molar-refractivity contribution in [1.82, 2.24) is 15.2 Å². The SMILES string of the molecule is C#C[C@H](NC(=O)N1CCC[C@@H]1c1nc(C(=O)OC)c(C)s1)C(C)C. The van der Waals surface area contributed by atoms with Crippen LogP contribution in [0.5, 0.6) is 0 Å². The van der Waals surface area contributed by atoms with Gasteiger partial charge in [0.1, 0.15) is 5.01 Å². The number of carbonyl (C=O) groups excluding carboxylic acids is 2. The van der Waals surface area contributed by atoms with E-state index in [0.29, 0.717) is 12.2 Å². The molecular formula is C17H23N3O3S. The Balaban J connectivity index is 2.17. The first-order chi connectivity index (χ1) is 11.4. The molecule has 2 amide bonds. The molecule has 0 spiro atoms. The van der Waals surface area contributed by atoms with Gasteiger partial charge in [-0.05, 0) is 25.7 Å². The summed E-state index contributed by atoms with van der Waals surface area (Å²) in [5.74, 6) is 2.33. The first-order valence-electron chi connectivity index (χ1n) is 7.98. The smallest absolute Gasteiger partial charge is 0.357 e. The topological polar surface area (TPSA) is 71.5 Å². The highest BCUT2D eigenvalue weighted by Crippen LogP contribution is 2.35. The summed E-state index contributed by atoms with van der Waals surface area (Å²) in [5.41, 5.74) is 0.327. The van der Waals surface area contributed by atoms with Crippen LogP contribution in [0.15, 0.2) is 0 Å². The first-order valence-corrected chi connectivity index (χ1v) is 8.79. The van der Waals surface area contributed by atoms with Gasteiger partial charge in [-0.3, -0.25) is 0 Å². The van der Waals surface area contributed by atoms with Gasteiger partial charge in [0.15, 0.2) is 5.69 Å². The lowest BCUT2D eigenvalue weighted by Gasteiger charge is -2.26. The average molecular weight is 349 g/mol. The van der Waals surface area contributed by atoms with E-state index in [0.717, 1.165) is 22.7 Å². The molecule has 1 aliphatic heterocycles. The predicted molar refractivity (Wildman–Crippen MR) is 92.9 cm³/mol. The van der Waals surface area contributed by atoms with Gasteiger partial charge < -0.3 is 15.0 Å². The fraction of sp³-hybridized carbons (Fsp3) is 0.588. The van der Waals surface area contributed by atoms with E-state index < -0.39 is 5.97 Å². The monoisotopic (exact) mass is 349 g/mol. The number of carbonyl (C=O) groups is 2. The van der Waals surface area contributed by atoms with Crippen LogP contribution in [0.25, 0.3) is 0 Å². The van der Waals surface area contributed by atoms with Gasteiger partial charge in [0.05, 0.1) is 19.2 Å². The number of urea groups is 1. The third kappa shape index (κ3) is 3.70. The second-order valence-corrected chi connectivity index (χ2v) is 7.37. The highest BCUT2D eigenvalue weighted by molar-refractivity contribution is 7.12. The van der Waals surface area contributed by atoms with Gasteiger partial charge in [0.25, 0.3) is 0 Å². The summed E-state index contributed by atoms with van der Waals surface area (Å²) in [6.07, 6.45) is 7.21. The van der Waals surface area contributed by atoms with Gasteiger partial charge in [0.2, 0.25) is 0 Å². The number of nitrogens with one attached hydrogen (secondary N) is 1. The van der Waals surface area contributed by atoms with Crippen molar-refractivity contribution in [2.75, 3.05) is 13.7 Å². The van der Waals surface area contributed by atoms with Gasteiger partial charge in [-0.15, -0.1) is 17.8 Å². The normalized spacial score (nSPS) is 18.3. The molecule has 0 aromatic carbocycles. The van der Waals surface area contributed by atoms with Crippen LogP contribution in [0.2, 0.25) is 0 Å². The van der Waals surface area contributed by atoms with E-state index in [1.165, 1.54) is 18.4 Å². The second kappa shape index (κ2) is 7.67. The van der Waals surface area contributed by atoms with Crippen molar-refractivity contribution in [2.24, 2.45) is 5.92 Å². The van der Waals surface area contributed by atoms with Gasteiger partial charge in [-0.1, -0.05) is 19.8 Å². The van der Waals surface area contributed by atoms with Crippen molar-refractivity contribution in [3.8, 4) is 12.3 Å². The Bertz CT molecular complexity index is 663. The molecule has 2 rings (SSSR count). The lowest BCUT2D eigenvalue weighted by Crippen LogP contribution is -2.45. The fourth-order valence-corrected chi connectivity index (χ4v) is 3.79. The third-order valence-corrected chi connectivity index (χ3v) is 5.19. The molecule has 7 heteroatoms. The molecule has 0 radical (unpaired) electrons. The maximum Gasteiger partial charge on any atom is 0.357 e. The highest BCUT2D eigenvalue weighted by atomic mass is 32.1. The van der Waals surface area contributed by atoms with Crippen molar-refractivity contribution < 1.29 is 14.3 Å². The highest BCUT2D eigenvalue weighted by Gasteiger charge is 2.34. The largest absolute Gasteiger partial charge is 0.464 e. The number of hydrogen-bond acceptors (Lipinski definition) is 5. The van der Waals surface area contributed by atoms with Gasteiger partial charge >= 0.3 is 12.0 Å². The van der Waals surface area contributed by atoms with Crippen LogP contribution in [0.1, 0.15) is 53.1 Å². The molecule has 1 N–H and O–H groups in total. The number of amides is 2. The quantitative estimate of drug-likeness (QED) is 0.670. The lowest BCUT2D eigenvalue weighted by molar-refractivity contribution is 0.0593. The molecule has 24 heavy (non-hydrogen) atoms. The van der Waals surface area contributed by atoms with Crippen LogP contribution in [-0.4, -0.2) is 41.6 Å². The van der Waals surface area contributed by atoms with E-state index in [1.54, 1.807) is 4.90 Å². The Hall–Kier alpha value is -2.07. The number of rotatable bonds is 4. The minimum Gasteiger partial charge on any atom is -0.464 e. The summed E-state index contributed by atoms with van der Waals surface area (Å²) in [6, 6.07) is -0.610. The number of aryl methyl sites for hydroxylation is 1. The number of likely N-dealkylation sites (tertiary alicyclic amines) is 1. The van der Waals surface area contributed by atoms with Crippen LogP contribution in [0, 0.1) is 25.2 Å². The molecule has 1 aromatic rings. The average Bonchev–Trinajstić information content (AvgIpc) is 3.17.